The van der Waals surface area contributed by atoms with Gasteiger partial charge in [-0.3, -0.25) is 14.5 Å². The zero-order chi connectivity index (χ0) is 22.4. The second kappa shape index (κ2) is 7.80. The van der Waals surface area contributed by atoms with Crippen molar-refractivity contribution in [2.24, 2.45) is 0 Å². The fourth-order valence-electron chi connectivity index (χ4n) is 3.96. The number of aromatic nitrogens is 1. The van der Waals surface area contributed by atoms with E-state index >= 15 is 0 Å². The fraction of sp³-hybridized carbons (Fsp3) is 0.208. The molecule has 3 heterocycles. The number of hydrogen-bond donors (Lipinski definition) is 0. The summed E-state index contributed by atoms with van der Waals surface area (Å²) in [5.41, 5.74) is 1.09. The summed E-state index contributed by atoms with van der Waals surface area (Å²) in [4.78, 5) is 32.9. The highest BCUT2D eigenvalue weighted by atomic mass is 32.1. The average Bonchev–Trinajstić information content (AvgIpc) is 3.40. The highest BCUT2D eigenvalue weighted by molar-refractivity contribution is 7.13. The molecule has 5 rings (SSSR count). The van der Waals surface area contributed by atoms with Crippen molar-refractivity contribution in [2.45, 2.75) is 26.0 Å². The first-order valence-corrected chi connectivity index (χ1v) is 11.0. The number of fused-ring (bicyclic) bond motifs is 2. The summed E-state index contributed by atoms with van der Waals surface area (Å²) in [5.74, 6) is 0.813. The lowest BCUT2D eigenvalue weighted by Crippen LogP contribution is -2.29. The Balaban J connectivity index is 1.76. The second-order valence-corrected chi connectivity index (χ2v) is 8.54. The van der Waals surface area contributed by atoms with Crippen LogP contribution in [0, 0.1) is 0 Å². The minimum Gasteiger partial charge on any atom is -0.497 e. The van der Waals surface area contributed by atoms with Crippen molar-refractivity contribution in [2.75, 3.05) is 12.0 Å². The van der Waals surface area contributed by atoms with E-state index < -0.39 is 11.9 Å². The van der Waals surface area contributed by atoms with Crippen LogP contribution in [0.4, 0.5) is 5.13 Å². The number of anilines is 1. The third kappa shape index (κ3) is 3.23. The number of hydrogen-bond acceptors (Lipinski definition) is 7. The van der Waals surface area contributed by atoms with Crippen LogP contribution in [0.15, 0.2) is 63.3 Å². The molecule has 1 aliphatic heterocycles. The van der Waals surface area contributed by atoms with Crippen molar-refractivity contribution in [3.8, 4) is 11.5 Å². The standard InChI is InChI=1S/C24H20N2O5S/c1-13(2)30-16-6-4-5-14(11-16)20-19-21(27)17-8-7-15(29-3)12-18(17)31-22(19)23(28)26(20)24-25-9-10-32-24/h4-13,20H,1-3H3/t20-/m0/s1. The largest absolute Gasteiger partial charge is 0.497 e. The van der Waals surface area contributed by atoms with Crippen LogP contribution in [0.1, 0.15) is 41.6 Å². The maximum atomic E-state index is 13.6. The molecule has 0 fully saturated rings. The number of nitrogens with zero attached hydrogens (tertiary/aromatic N) is 2. The Bertz CT molecular complexity index is 1380. The molecular weight excluding hydrogens is 428 g/mol. The predicted molar refractivity (Wildman–Crippen MR) is 122 cm³/mol. The molecule has 0 saturated carbocycles. The van der Waals surface area contributed by atoms with Crippen molar-refractivity contribution in [1.82, 2.24) is 4.98 Å². The Kier molecular flexibility index (Phi) is 4.94. The third-order valence-electron chi connectivity index (χ3n) is 5.25. The van der Waals surface area contributed by atoms with E-state index in [4.69, 9.17) is 13.9 Å². The van der Waals surface area contributed by atoms with Gasteiger partial charge in [0.15, 0.2) is 10.6 Å². The third-order valence-corrected chi connectivity index (χ3v) is 6.02. The molecule has 32 heavy (non-hydrogen) atoms. The van der Waals surface area contributed by atoms with E-state index in [2.05, 4.69) is 4.98 Å². The number of carbonyl (C=O) groups excluding carboxylic acids is 1. The smallest absolute Gasteiger partial charge is 0.297 e. The van der Waals surface area contributed by atoms with Crippen LogP contribution < -0.4 is 19.8 Å². The zero-order valence-electron chi connectivity index (χ0n) is 17.7. The first-order chi connectivity index (χ1) is 15.5. The van der Waals surface area contributed by atoms with Crippen LogP contribution in [-0.2, 0) is 0 Å². The molecule has 162 valence electrons. The molecule has 0 saturated heterocycles. The molecule has 0 radical (unpaired) electrons. The quantitative estimate of drug-likeness (QED) is 0.436. The number of rotatable bonds is 5. The summed E-state index contributed by atoms with van der Waals surface area (Å²) in [6, 6.07) is 11.7. The molecule has 2 aromatic heterocycles. The molecule has 0 aliphatic carbocycles. The maximum absolute atomic E-state index is 13.6. The van der Waals surface area contributed by atoms with Crippen LogP contribution in [0.25, 0.3) is 11.0 Å². The molecule has 2 aromatic carbocycles. The Hall–Kier alpha value is -3.65. The van der Waals surface area contributed by atoms with Gasteiger partial charge in [-0.25, -0.2) is 4.98 Å². The summed E-state index contributed by atoms with van der Waals surface area (Å²) in [6.45, 7) is 3.88. The van der Waals surface area contributed by atoms with Crippen molar-refractivity contribution >= 4 is 33.3 Å². The van der Waals surface area contributed by atoms with Gasteiger partial charge < -0.3 is 13.9 Å². The number of ether oxygens (including phenoxy) is 2. The van der Waals surface area contributed by atoms with Gasteiger partial charge in [0.1, 0.15) is 17.1 Å². The summed E-state index contributed by atoms with van der Waals surface area (Å²) < 4.78 is 17.1. The lowest BCUT2D eigenvalue weighted by Gasteiger charge is -2.23. The van der Waals surface area contributed by atoms with Gasteiger partial charge in [0.25, 0.3) is 5.91 Å². The summed E-state index contributed by atoms with van der Waals surface area (Å²) in [5, 5.41) is 2.66. The van der Waals surface area contributed by atoms with E-state index in [9.17, 15) is 9.59 Å². The summed E-state index contributed by atoms with van der Waals surface area (Å²) >= 11 is 1.32. The van der Waals surface area contributed by atoms with Crippen LogP contribution in [0.3, 0.4) is 0 Å². The lowest BCUT2D eigenvalue weighted by atomic mass is 9.98. The average molecular weight is 449 g/mol. The minimum absolute atomic E-state index is 0.0122. The Morgan fingerprint density at radius 3 is 2.69 bits per heavy atom. The van der Waals surface area contributed by atoms with E-state index in [1.54, 1.807) is 29.8 Å². The maximum Gasteiger partial charge on any atom is 0.297 e. The Morgan fingerprint density at radius 1 is 1.12 bits per heavy atom. The van der Waals surface area contributed by atoms with Gasteiger partial charge in [0.05, 0.1) is 30.2 Å². The van der Waals surface area contributed by atoms with E-state index in [1.165, 1.54) is 23.3 Å². The molecule has 0 unspecified atom stereocenters. The normalized spacial score (nSPS) is 15.4. The first kappa shape index (κ1) is 20.3. The van der Waals surface area contributed by atoms with Crippen molar-refractivity contribution < 1.29 is 18.7 Å². The highest BCUT2D eigenvalue weighted by Gasteiger charge is 2.44. The van der Waals surface area contributed by atoms with Gasteiger partial charge in [-0.05, 0) is 43.7 Å². The molecule has 7 nitrogen and oxygen atoms in total. The van der Waals surface area contributed by atoms with Crippen molar-refractivity contribution in [1.29, 1.82) is 0 Å². The van der Waals surface area contributed by atoms with Crippen LogP contribution in [-0.4, -0.2) is 24.1 Å². The zero-order valence-corrected chi connectivity index (χ0v) is 18.5. The molecule has 8 heteroatoms. The second-order valence-electron chi connectivity index (χ2n) is 7.67. The first-order valence-electron chi connectivity index (χ1n) is 10.1. The van der Waals surface area contributed by atoms with Gasteiger partial charge in [-0.2, -0.15) is 0 Å². The number of benzene rings is 2. The van der Waals surface area contributed by atoms with E-state index in [1.807, 2.05) is 38.1 Å². The Labute approximate surface area is 187 Å². The topological polar surface area (TPSA) is 81.9 Å². The molecule has 0 spiro atoms. The van der Waals surface area contributed by atoms with Gasteiger partial charge in [-0.1, -0.05) is 12.1 Å². The minimum atomic E-state index is -0.679. The van der Waals surface area contributed by atoms with Gasteiger partial charge in [-0.15, -0.1) is 11.3 Å². The number of thiazole rings is 1. The fourth-order valence-corrected chi connectivity index (χ4v) is 4.62. The van der Waals surface area contributed by atoms with Crippen molar-refractivity contribution in [3.05, 3.63) is 81.2 Å². The molecule has 1 atom stereocenters. The van der Waals surface area contributed by atoms with E-state index in [0.29, 0.717) is 33.2 Å². The number of amides is 1. The molecule has 1 aliphatic rings. The summed E-state index contributed by atoms with van der Waals surface area (Å²) in [7, 11) is 1.53. The summed E-state index contributed by atoms with van der Waals surface area (Å²) in [6.07, 6.45) is 1.62. The lowest BCUT2D eigenvalue weighted by molar-refractivity contribution is 0.0970. The number of carbonyl (C=O) groups is 1. The highest BCUT2D eigenvalue weighted by Crippen LogP contribution is 2.42. The number of methoxy groups -OCH3 is 1. The molecule has 4 aromatic rings. The Morgan fingerprint density at radius 2 is 1.97 bits per heavy atom. The molecule has 0 N–H and O–H groups in total. The van der Waals surface area contributed by atoms with Crippen LogP contribution in [0.2, 0.25) is 0 Å². The van der Waals surface area contributed by atoms with Crippen molar-refractivity contribution in [3.63, 3.8) is 0 Å². The molecular formula is C24H20N2O5S. The molecule has 0 bridgehead atoms. The molecule has 1 amide bonds. The van der Waals surface area contributed by atoms with Gasteiger partial charge in [0, 0.05) is 17.6 Å². The SMILES string of the molecule is COc1ccc2c(=O)c3c(oc2c1)C(=O)N(c1nccs1)[C@H]3c1cccc(OC(C)C)c1. The monoisotopic (exact) mass is 448 g/mol. The van der Waals surface area contributed by atoms with Gasteiger partial charge in [0.2, 0.25) is 5.76 Å². The van der Waals surface area contributed by atoms with Gasteiger partial charge >= 0.3 is 0 Å². The predicted octanol–water partition coefficient (Wildman–Crippen LogP) is 4.80. The van der Waals surface area contributed by atoms with E-state index in [-0.39, 0.29) is 17.3 Å². The van der Waals surface area contributed by atoms with Crippen LogP contribution >= 0.6 is 11.3 Å². The van der Waals surface area contributed by atoms with E-state index in [0.717, 1.165) is 5.56 Å². The van der Waals surface area contributed by atoms with Crippen LogP contribution in [0.5, 0.6) is 11.5 Å².